The van der Waals surface area contributed by atoms with Crippen molar-refractivity contribution in [1.29, 1.82) is 0 Å². The van der Waals surface area contributed by atoms with Gasteiger partial charge in [0.2, 0.25) is 0 Å². The van der Waals surface area contributed by atoms with E-state index in [1.807, 2.05) is 31.2 Å². The number of aldehydes is 1. The van der Waals surface area contributed by atoms with Gasteiger partial charge in [-0.25, -0.2) is 4.98 Å². The molecule has 1 N–H and O–H groups in total. The molecule has 0 radical (unpaired) electrons. The Kier molecular flexibility index (Phi) is 3.40. The van der Waals surface area contributed by atoms with E-state index in [4.69, 9.17) is 11.6 Å². The molecular formula is C13H11ClN2O. The number of carbonyl (C=O) groups is 1. The van der Waals surface area contributed by atoms with Crippen molar-refractivity contribution in [3.63, 3.8) is 0 Å². The Morgan fingerprint density at radius 2 is 2.06 bits per heavy atom. The maximum absolute atomic E-state index is 10.7. The highest BCUT2D eigenvalue weighted by molar-refractivity contribution is 6.29. The number of para-hydroxylation sites is 1. The van der Waals surface area contributed by atoms with Crippen LogP contribution in [0.3, 0.4) is 0 Å². The fourth-order valence-corrected chi connectivity index (χ4v) is 1.72. The first-order valence-corrected chi connectivity index (χ1v) is 5.52. The van der Waals surface area contributed by atoms with Crippen LogP contribution in [0.25, 0.3) is 0 Å². The number of hydrogen-bond donors (Lipinski definition) is 1. The number of nitrogens with zero attached hydrogens (tertiary/aromatic N) is 1. The highest BCUT2D eigenvalue weighted by Crippen LogP contribution is 2.20. The number of aromatic nitrogens is 1. The molecular weight excluding hydrogens is 236 g/mol. The summed E-state index contributed by atoms with van der Waals surface area (Å²) >= 11 is 5.82. The second-order valence-electron chi connectivity index (χ2n) is 3.67. The quantitative estimate of drug-likeness (QED) is 0.665. The number of rotatable bonds is 3. The number of carbonyl (C=O) groups excluding carboxylic acids is 1. The van der Waals surface area contributed by atoms with Gasteiger partial charge >= 0.3 is 0 Å². The molecule has 0 aliphatic carbocycles. The van der Waals surface area contributed by atoms with Crippen LogP contribution in [0.5, 0.6) is 0 Å². The third-order valence-electron chi connectivity index (χ3n) is 2.36. The molecule has 1 aromatic heterocycles. The number of anilines is 2. The highest BCUT2D eigenvalue weighted by Gasteiger charge is 2.02. The SMILES string of the molecule is Cc1ccccc1Nc1cc(C=O)cc(Cl)n1. The minimum absolute atomic E-state index is 0.297. The van der Waals surface area contributed by atoms with E-state index >= 15 is 0 Å². The average molecular weight is 247 g/mol. The van der Waals surface area contributed by atoms with Gasteiger partial charge in [0, 0.05) is 11.3 Å². The Bertz CT molecular complexity index is 555. The van der Waals surface area contributed by atoms with Crippen molar-refractivity contribution >= 4 is 29.4 Å². The summed E-state index contributed by atoms with van der Waals surface area (Å²) in [6.07, 6.45) is 0.747. The summed E-state index contributed by atoms with van der Waals surface area (Å²) in [5, 5.41) is 3.43. The number of nitrogens with one attached hydrogen (secondary N) is 1. The molecule has 0 fully saturated rings. The lowest BCUT2D eigenvalue weighted by Gasteiger charge is -2.09. The number of hydrogen-bond acceptors (Lipinski definition) is 3. The van der Waals surface area contributed by atoms with E-state index in [1.54, 1.807) is 6.07 Å². The maximum Gasteiger partial charge on any atom is 0.150 e. The van der Waals surface area contributed by atoms with Crippen LogP contribution in [0, 0.1) is 6.92 Å². The number of benzene rings is 1. The molecule has 1 heterocycles. The van der Waals surface area contributed by atoms with Gasteiger partial charge in [0.25, 0.3) is 0 Å². The molecule has 2 aromatic rings. The first-order chi connectivity index (χ1) is 8.19. The summed E-state index contributed by atoms with van der Waals surface area (Å²) in [5.74, 6) is 0.564. The van der Waals surface area contributed by atoms with Gasteiger partial charge in [0.15, 0.2) is 0 Å². The third kappa shape index (κ3) is 2.82. The molecule has 86 valence electrons. The van der Waals surface area contributed by atoms with E-state index in [1.165, 1.54) is 6.07 Å². The molecule has 17 heavy (non-hydrogen) atoms. The first kappa shape index (κ1) is 11.6. The minimum atomic E-state index is 0.297. The zero-order chi connectivity index (χ0) is 12.3. The first-order valence-electron chi connectivity index (χ1n) is 5.14. The monoisotopic (exact) mass is 246 g/mol. The largest absolute Gasteiger partial charge is 0.340 e. The molecule has 0 aliphatic rings. The van der Waals surface area contributed by atoms with Crippen LogP contribution in [0.1, 0.15) is 15.9 Å². The molecule has 0 atom stereocenters. The van der Waals surface area contributed by atoms with E-state index in [9.17, 15) is 4.79 Å². The lowest BCUT2D eigenvalue weighted by atomic mass is 10.2. The summed E-state index contributed by atoms with van der Waals surface area (Å²) < 4.78 is 0. The molecule has 0 bridgehead atoms. The standard InChI is InChI=1S/C13H11ClN2O/c1-9-4-2-3-5-11(9)15-13-7-10(8-17)6-12(14)16-13/h2-8H,1H3,(H,15,16). The van der Waals surface area contributed by atoms with Crippen LogP contribution >= 0.6 is 11.6 Å². The van der Waals surface area contributed by atoms with Crippen molar-refractivity contribution in [2.24, 2.45) is 0 Å². The fourth-order valence-electron chi connectivity index (χ4n) is 1.50. The van der Waals surface area contributed by atoms with Gasteiger partial charge in [-0.05, 0) is 30.7 Å². The van der Waals surface area contributed by atoms with Crippen LogP contribution in [0.15, 0.2) is 36.4 Å². The minimum Gasteiger partial charge on any atom is -0.340 e. The molecule has 0 saturated carbocycles. The predicted molar refractivity (Wildman–Crippen MR) is 69.1 cm³/mol. The van der Waals surface area contributed by atoms with Crippen molar-refractivity contribution in [1.82, 2.24) is 4.98 Å². The summed E-state index contributed by atoms with van der Waals surface area (Å²) in [5.41, 5.74) is 2.54. The smallest absolute Gasteiger partial charge is 0.150 e. The predicted octanol–water partition coefficient (Wildman–Crippen LogP) is 3.60. The topological polar surface area (TPSA) is 42.0 Å². The molecule has 0 spiro atoms. The van der Waals surface area contributed by atoms with Crippen LogP contribution < -0.4 is 5.32 Å². The van der Waals surface area contributed by atoms with Gasteiger partial charge < -0.3 is 5.32 Å². The van der Waals surface area contributed by atoms with Gasteiger partial charge in [-0.3, -0.25) is 4.79 Å². The Labute approximate surface area is 104 Å². The van der Waals surface area contributed by atoms with Crippen LogP contribution in [0.4, 0.5) is 11.5 Å². The lowest BCUT2D eigenvalue weighted by molar-refractivity contribution is 0.112. The summed E-state index contributed by atoms with van der Waals surface area (Å²) in [6.45, 7) is 1.99. The maximum atomic E-state index is 10.7. The molecule has 0 amide bonds. The van der Waals surface area contributed by atoms with E-state index in [0.717, 1.165) is 17.5 Å². The Morgan fingerprint density at radius 1 is 1.29 bits per heavy atom. The summed E-state index contributed by atoms with van der Waals surface area (Å²) in [4.78, 5) is 14.8. The lowest BCUT2D eigenvalue weighted by Crippen LogP contribution is -1.97. The second kappa shape index (κ2) is 4.97. The zero-order valence-electron chi connectivity index (χ0n) is 9.27. The fraction of sp³-hybridized carbons (Fsp3) is 0.0769. The molecule has 0 unspecified atom stereocenters. The van der Waals surface area contributed by atoms with Crippen molar-refractivity contribution < 1.29 is 4.79 Å². The third-order valence-corrected chi connectivity index (χ3v) is 2.55. The number of aryl methyl sites for hydroxylation is 1. The second-order valence-corrected chi connectivity index (χ2v) is 4.05. The molecule has 0 aliphatic heterocycles. The highest BCUT2D eigenvalue weighted by atomic mass is 35.5. The zero-order valence-corrected chi connectivity index (χ0v) is 10.0. The Hall–Kier alpha value is -1.87. The van der Waals surface area contributed by atoms with Gasteiger partial charge in [-0.1, -0.05) is 29.8 Å². The van der Waals surface area contributed by atoms with Crippen molar-refractivity contribution in [2.45, 2.75) is 6.92 Å². The van der Waals surface area contributed by atoms with Gasteiger partial charge in [0.1, 0.15) is 17.3 Å². The molecule has 3 nitrogen and oxygen atoms in total. The van der Waals surface area contributed by atoms with E-state index in [0.29, 0.717) is 16.5 Å². The Morgan fingerprint density at radius 3 is 2.76 bits per heavy atom. The normalized spacial score (nSPS) is 10.0. The Balaban J connectivity index is 2.33. The molecule has 2 rings (SSSR count). The molecule has 4 heteroatoms. The van der Waals surface area contributed by atoms with Crippen molar-refractivity contribution in [2.75, 3.05) is 5.32 Å². The average Bonchev–Trinajstić information content (AvgIpc) is 2.31. The van der Waals surface area contributed by atoms with Gasteiger partial charge in [0.05, 0.1) is 0 Å². The molecule has 1 aromatic carbocycles. The summed E-state index contributed by atoms with van der Waals surface area (Å²) in [6, 6.07) is 11.0. The summed E-state index contributed by atoms with van der Waals surface area (Å²) in [7, 11) is 0. The van der Waals surface area contributed by atoms with Crippen molar-refractivity contribution in [3.05, 3.63) is 52.7 Å². The number of pyridine rings is 1. The van der Waals surface area contributed by atoms with Crippen LogP contribution in [-0.2, 0) is 0 Å². The van der Waals surface area contributed by atoms with E-state index < -0.39 is 0 Å². The number of halogens is 1. The van der Waals surface area contributed by atoms with E-state index in [-0.39, 0.29) is 0 Å². The van der Waals surface area contributed by atoms with Crippen LogP contribution in [0.2, 0.25) is 5.15 Å². The van der Waals surface area contributed by atoms with Gasteiger partial charge in [-0.2, -0.15) is 0 Å². The van der Waals surface area contributed by atoms with E-state index in [2.05, 4.69) is 10.3 Å². The molecule has 0 saturated heterocycles. The van der Waals surface area contributed by atoms with Gasteiger partial charge in [-0.15, -0.1) is 0 Å². The van der Waals surface area contributed by atoms with Crippen LogP contribution in [-0.4, -0.2) is 11.3 Å². The van der Waals surface area contributed by atoms with Crippen molar-refractivity contribution in [3.8, 4) is 0 Å².